The number of halogens is 3. The van der Waals surface area contributed by atoms with Gasteiger partial charge in [-0.1, -0.05) is 48.5 Å². The Morgan fingerprint density at radius 2 is 1.73 bits per heavy atom. The Labute approximate surface area is 188 Å². The van der Waals surface area contributed by atoms with Gasteiger partial charge in [-0.2, -0.15) is 13.2 Å². The molecule has 0 aliphatic heterocycles. The first-order chi connectivity index (χ1) is 15.7. The van der Waals surface area contributed by atoms with E-state index in [0.29, 0.717) is 23.4 Å². The van der Waals surface area contributed by atoms with Crippen LogP contribution >= 0.6 is 0 Å². The Balaban J connectivity index is 1.59. The minimum atomic E-state index is -4.18. The number of carbonyl (C=O) groups is 1. The molecule has 0 fully saturated rings. The second-order valence-corrected chi connectivity index (χ2v) is 7.82. The van der Waals surface area contributed by atoms with E-state index in [1.807, 2.05) is 54.6 Å². The minimum Gasteiger partial charge on any atom is -0.478 e. The molecule has 4 rings (SSSR count). The fraction of sp³-hybridized carbons (Fsp3) is 0.200. The van der Waals surface area contributed by atoms with Gasteiger partial charge in [-0.05, 0) is 46.9 Å². The van der Waals surface area contributed by atoms with Gasteiger partial charge in [0.2, 0.25) is 0 Å². The lowest BCUT2D eigenvalue weighted by atomic mass is 9.96. The van der Waals surface area contributed by atoms with Crippen LogP contribution in [-0.4, -0.2) is 33.8 Å². The van der Waals surface area contributed by atoms with Gasteiger partial charge in [-0.3, -0.25) is 0 Å². The molecule has 33 heavy (non-hydrogen) atoms. The number of nitrogens with zero attached hydrogens (tertiary/aromatic N) is 1. The number of aryl methyl sites for hydroxylation is 1. The zero-order valence-corrected chi connectivity index (χ0v) is 17.8. The number of aromatic nitrogens is 2. The maximum absolute atomic E-state index is 12.4. The minimum absolute atomic E-state index is 0.131. The standard InChI is InChI=1S/C25H22F3N3O2/c1-15-30-22-13-19(12-21(24(32)33)23(22)31-15)16-6-8-17(9-7-16)20-5-3-2-4-18(20)14-29-11-10-25(26,27)28/h2-9,12-13,29H,10-11,14H2,1H3,(H,30,31)(H,32,33). The Morgan fingerprint density at radius 3 is 2.42 bits per heavy atom. The van der Waals surface area contributed by atoms with Gasteiger partial charge >= 0.3 is 12.1 Å². The first-order valence-electron chi connectivity index (χ1n) is 10.4. The van der Waals surface area contributed by atoms with Crippen molar-refractivity contribution in [3.63, 3.8) is 0 Å². The lowest BCUT2D eigenvalue weighted by molar-refractivity contribution is -0.133. The zero-order chi connectivity index (χ0) is 23.6. The number of H-pyrrole nitrogens is 1. The summed E-state index contributed by atoms with van der Waals surface area (Å²) in [7, 11) is 0. The molecule has 0 bridgehead atoms. The van der Waals surface area contributed by atoms with E-state index in [4.69, 9.17) is 0 Å². The van der Waals surface area contributed by atoms with Crippen LogP contribution in [-0.2, 0) is 6.54 Å². The maximum Gasteiger partial charge on any atom is 0.390 e. The molecule has 1 aromatic heterocycles. The van der Waals surface area contributed by atoms with Crippen molar-refractivity contribution in [3.8, 4) is 22.3 Å². The molecule has 0 aliphatic rings. The van der Waals surface area contributed by atoms with Crippen LogP contribution in [0.2, 0.25) is 0 Å². The van der Waals surface area contributed by atoms with Gasteiger partial charge in [-0.15, -0.1) is 0 Å². The summed E-state index contributed by atoms with van der Waals surface area (Å²) in [6.07, 6.45) is -5.05. The predicted octanol–water partition coefficient (Wildman–Crippen LogP) is 5.95. The number of alkyl halides is 3. The molecule has 5 nitrogen and oxygen atoms in total. The van der Waals surface area contributed by atoms with Crippen molar-refractivity contribution in [2.45, 2.75) is 26.1 Å². The van der Waals surface area contributed by atoms with Crippen LogP contribution in [0.4, 0.5) is 13.2 Å². The molecule has 0 unspecified atom stereocenters. The highest BCUT2D eigenvalue weighted by Crippen LogP contribution is 2.30. The predicted molar refractivity (Wildman–Crippen MR) is 121 cm³/mol. The van der Waals surface area contributed by atoms with Gasteiger partial charge in [0, 0.05) is 13.1 Å². The largest absolute Gasteiger partial charge is 0.478 e. The normalized spacial score (nSPS) is 11.8. The van der Waals surface area contributed by atoms with E-state index in [2.05, 4.69) is 15.3 Å². The van der Waals surface area contributed by atoms with Gasteiger partial charge in [-0.25, -0.2) is 9.78 Å². The maximum atomic E-state index is 12.4. The van der Waals surface area contributed by atoms with E-state index < -0.39 is 18.6 Å². The number of carboxylic acids is 1. The molecule has 1 heterocycles. The molecule has 0 saturated heterocycles. The van der Waals surface area contributed by atoms with Crippen LogP contribution in [0.25, 0.3) is 33.3 Å². The van der Waals surface area contributed by atoms with Crippen LogP contribution in [0.15, 0.2) is 60.7 Å². The molecule has 0 radical (unpaired) electrons. The molecular formula is C25H22F3N3O2. The second kappa shape index (κ2) is 9.07. The quantitative estimate of drug-likeness (QED) is 0.303. The summed E-state index contributed by atoms with van der Waals surface area (Å²) in [4.78, 5) is 19.1. The lowest BCUT2D eigenvalue weighted by Gasteiger charge is -2.12. The van der Waals surface area contributed by atoms with E-state index in [1.54, 1.807) is 13.0 Å². The number of rotatable bonds is 7. The molecule has 0 amide bonds. The number of imidazole rings is 1. The van der Waals surface area contributed by atoms with Gasteiger partial charge in [0.25, 0.3) is 0 Å². The van der Waals surface area contributed by atoms with Crippen molar-refractivity contribution in [1.29, 1.82) is 0 Å². The van der Waals surface area contributed by atoms with Crippen molar-refractivity contribution < 1.29 is 23.1 Å². The topological polar surface area (TPSA) is 78.0 Å². The van der Waals surface area contributed by atoms with Crippen LogP contribution in [0.5, 0.6) is 0 Å². The Bertz CT molecular complexity index is 1290. The van der Waals surface area contributed by atoms with Crippen molar-refractivity contribution in [2.75, 3.05) is 6.54 Å². The van der Waals surface area contributed by atoms with E-state index in [1.165, 1.54) is 0 Å². The molecule has 4 aromatic rings. The van der Waals surface area contributed by atoms with Crippen LogP contribution < -0.4 is 5.32 Å². The first-order valence-corrected chi connectivity index (χ1v) is 10.4. The van der Waals surface area contributed by atoms with E-state index in [9.17, 15) is 23.1 Å². The monoisotopic (exact) mass is 453 g/mol. The average Bonchev–Trinajstić information content (AvgIpc) is 3.15. The first kappa shape index (κ1) is 22.5. The summed E-state index contributed by atoms with van der Waals surface area (Å²) in [6.45, 7) is 1.96. The summed E-state index contributed by atoms with van der Waals surface area (Å²) in [5.74, 6) is -0.405. The summed E-state index contributed by atoms with van der Waals surface area (Å²) < 4.78 is 37.1. The van der Waals surface area contributed by atoms with E-state index >= 15 is 0 Å². The van der Waals surface area contributed by atoms with E-state index in [0.717, 1.165) is 27.8 Å². The summed E-state index contributed by atoms with van der Waals surface area (Å²) >= 11 is 0. The number of benzene rings is 3. The number of aromatic amines is 1. The molecular weight excluding hydrogens is 431 g/mol. The van der Waals surface area contributed by atoms with Gasteiger partial charge in [0.05, 0.1) is 17.5 Å². The summed E-state index contributed by atoms with van der Waals surface area (Å²) in [5, 5.41) is 12.5. The number of aromatic carboxylic acids is 1. The Morgan fingerprint density at radius 1 is 1.03 bits per heavy atom. The summed E-state index contributed by atoms with van der Waals surface area (Å²) in [6, 6.07) is 18.7. The van der Waals surface area contributed by atoms with Crippen LogP contribution in [0, 0.1) is 6.92 Å². The number of hydrogen-bond donors (Lipinski definition) is 3. The van der Waals surface area contributed by atoms with Crippen molar-refractivity contribution in [1.82, 2.24) is 15.3 Å². The van der Waals surface area contributed by atoms with Crippen LogP contribution in [0.1, 0.15) is 28.2 Å². The molecule has 0 atom stereocenters. The van der Waals surface area contributed by atoms with Crippen molar-refractivity contribution in [2.24, 2.45) is 0 Å². The molecule has 8 heteroatoms. The van der Waals surface area contributed by atoms with Crippen molar-refractivity contribution in [3.05, 3.63) is 77.6 Å². The molecule has 0 saturated carbocycles. The average molecular weight is 453 g/mol. The Kier molecular flexibility index (Phi) is 6.20. The zero-order valence-electron chi connectivity index (χ0n) is 17.8. The van der Waals surface area contributed by atoms with Gasteiger partial charge in [0.15, 0.2) is 0 Å². The SMILES string of the molecule is Cc1nc2c(C(=O)O)cc(-c3ccc(-c4ccccc4CNCCC(F)(F)F)cc3)cc2[nH]1. The highest BCUT2D eigenvalue weighted by atomic mass is 19.4. The number of nitrogens with one attached hydrogen (secondary N) is 2. The number of hydrogen-bond acceptors (Lipinski definition) is 3. The van der Waals surface area contributed by atoms with Crippen molar-refractivity contribution >= 4 is 17.0 Å². The highest BCUT2D eigenvalue weighted by molar-refractivity contribution is 6.03. The number of carboxylic acid groups (broad SMARTS) is 1. The third-order valence-corrected chi connectivity index (χ3v) is 5.38. The van der Waals surface area contributed by atoms with Gasteiger partial charge < -0.3 is 15.4 Å². The highest BCUT2D eigenvalue weighted by Gasteiger charge is 2.26. The Hall–Kier alpha value is -3.65. The van der Waals surface area contributed by atoms with Crippen LogP contribution in [0.3, 0.4) is 0 Å². The molecule has 3 N–H and O–H groups in total. The molecule has 0 spiro atoms. The third-order valence-electron chi connectivity index (χ3n) is 5.38. The fourth-order valence-electron chi connectivity index (χ4n) is 3.82. The van der Waals surface area contributed by atoms with E-state index in [-0.39, 0.29) is 12.1 Å². The second-order valence-electron chi connectivity index (χ2n) is 7.82. The summed E-state index contributed by atoms with van der Waals surface area (Å²) in [5.41, 5.74) is 5.54. The smallest absolute Gasteiger partial charge is 0.390 e. The molecule has 170 valence electrons. The molecule has 3 aromatic carbocycles. The third kappa shape index (κ3) is 5.23. The fourth-order valence-corrected chi connectivity index (χ4v) is 3.82. The number of fused-ring (bicyclic) bond motifs is 1. The molecule has 0 aliphatic carbocycles. The van der Waals surface area contributed by atoms with Gasteiger partial charge in [0.1, 0.15) is 11.3 Å². The lowest BCUT2D eigenvalue weighted by Crippen LogP contribution is -2.21.